The molecule has 0 amide bonds. The van der Waals surface area contributed by atoms with Gasteiger partial charge in [-0.2, -0.15) is 0 Å². The molecule has 2 aliphatic rings. The summed E-state index contributed by atoms with van der Waals surface area (Å²) in [5.74, 6) is -2.03. The van der Waals surface area contributed by atoms with Crippen molar-refractivity contribution in [3.05, 3.63) is 42.0 Å². The highest BCUT2D eigenvalue weighted by Gasteiger charge is 2.35. The van der Waals surface area contributed by atoms with Crippen LogP contribution in [0.1, 0.15) is 62.8 Å². The first-order valence-electron chi connectivity index (χ1n) is 9.64. The first kappa shape index (κ1) is 20.2. The van der Waals surface area contributed by atoms with E-state index < -0.39 is 23.7 Å². The summed E-state index contributed by atoms with van der Waals surface area (Å²) in [5, 5.41) is 0. The predicted molar refractivity (Wildman–Crippen MR) is 93.4 cm³/mol. The Hall–Kier alpha value is -1.59. The van der Waals surface area contributed by atoms with Crippen molar-refractivity contribution < 1.29 is 26.7 Å². The molecule has 0 atom stereocenters. The van der Waals surface area contributed by atoms with E-state index in [2.05, 4.69) is 11.3 Å². The fourth-order valence-electron chi connectivity index (χ4n) is 4.80. The van der Waals surface area contributed by atoms with Crippen LogP contribution in [0.3, 0.4) is 0 Å². The molecule has 0 radical (unpaired) electrons. The van der Waals surface area contributed by atoms with E-state index in [9.17, 15) is 22.0 Å². The number of rotatable bonds is 4. The summed E-state index contributed by atoms with van der Waals surface area (Å²) in [6.45, 7) is 3.87. The van der Waals surface area contributed by atoms with Crippen molar-refractivity contribution in [2.75, 3.05) is 0 Å². The summed E-state index contributed by atoms with van der Waals surface area (Å²) >= 11 is 0. The van der Waals surface area contributed by atoms with E-state index in [4.69, 9.17) is 0 Å². The van der Waals surface area contributed by atoms with Gasteiger partial charge in [0.15, 0.2) is 11.6 Å². The lowest BCUT2D eigenvalue weighted by Gasteiger charge is -2.37. The van der Waals surface area contributed by atoms with E-state index in [0.717, 1.165) is 37.8 Å². The van der Waals surface area contributed by atoms with Crippen molar-refractivity contribution in [1.29, 1.82) is 0 Å². The number of allylic oxidation sites excluding steroid dienone is 1. The summed E-state index contributed by atoms with van der Waals surface area (Å²) in [7, 11) is 0. The molecular formula is C21H25F5O. The van der Waals surface area contributed by atoms with Crippen LogP contribution in [0, 0.1) is 29.4 Å². The van der Waals surface area contributed by atoms with Gasteiger partial charge in [-0.15, -0.1) is 19.8 Å². The maximum Gasteiger partial charge on any atom is 0.573 e. The largest absolute Gasteiger partial charge is 0.573 e. The minimum absolute atomic E-state index is 0.0188. The zero-order valence-electron chi connectivity index (χ0n) is 15.2. The Morgan fingerprint density at radius 1 is 0.852 bits per heavy atom. The number of benzene rings is 1. The van der Waals surface area contributed by atoms with Gasteiger partial charge in [0.05, 0.1) is 0 Å². The van der Waals surface area contributed by atoms with Gasteiger partial charge in [0.25, 0.3) is 0 Å². The second-order valence-corrected chi connectivity index (χ2v) is 7.88. The monoisotopic (exact) mass is 388 g/mol. The molecule has 0 saturated heterocycles. The fourth-order valence-corrected chi connectivity index (χ4v) is 4.80. The minimum Gasteiger partial charge on any atom is -0.399 e. The standard InChI is InChI=1S/C21H25F5O/c1-2-13-3-5-14(6-4-13)15-7-9-16(10-8-15)17-11-18(22)20(19(23)12-17)27-21(24,25)26/h2,11-16H,1,3-10H2/t13-,14-,15-,16-. The molecule has 1 aromatic rings. The second kappa shape index (κ2) is 8.19. The molecule has 0 spiro atoms. The number of halogens is 5. The summed E-state index contributed by atoms with van der Waals surface area (Å²) in [6, 6.07) is 1.98. The Kier molecular flexibility index (Phi) is 6.11. The van der Waals surface area contributed by atoms with Crippen LogP contribution in [-0.2, 0) is 0 Å². The maximum absolute atomic E-state index is 14.0. The number of alkyl halides is 3. The van der Waals surface area contributed by atoms with Gasteiger partial charge < -0.3 is 4.74 Å². The van der Waals surface area contributed by atoms with Crippen molar-refractivity contribution in [2.45, 2.75) is 63.6 Å². The summed E-state index contributed by atoms with van der Waals surface area (Å²) in [5.41, 5.74) is 0.424. The van der Waals surface area contributed by atoms with Crippen LogP contribution in [-0.4, -0.2) is 6.36 Å². The zero-order chi connectivity index (χ0) is 19.6. The van der Waals surface area contributed by atoms with Gasteiger partial charge in [-0.1, -0.05) is 6.08 Å². The van der Waals surface area contributed by atoms with Crippen molar-refractivity contribution in [2.24, 2.45) is 17.8 Å². The molecule has 27 heavy (non-hydrogen) atoms. The van der Waals surface area contributed by atoms with E-state index in [-0.39, 0.29) is 5.92 Å². The van der Waals surface area contributed by atoms with E-state index in [1.165, 1.54) is 25.7 Å². The van der Waals surface area contributed by atoms with E-state index in [0.29, 0.717) is 23.3 Å². The van der Waals surface area contributed by atoms with Gasteiger partial charge >= 0.3 is 6.36 Å². The molecule has 1 aromatic carbocycles. The number of hydrogen-bond donors (Lipinski definition) is 0. The first-order valence-corrected chi connectivity index (χ1v) is 9.64. The molecule has 2 aliphatic carbocycles. The normalized spacial score (nSPS) is 29.4. The molecule has 2 fully saturated rings. The second-order valence-electron chi connectivity index (χ2n) is 7.88. The number of ether oxygens (including phenoxy) is 1. The molecular weight excluding hydrogens is 363 g/mol. The highest BCUT2D eigenvalue weighted by molar-refractivity contribution is 5.33. The fraction of sp³-hybridized carbons (Fsp3) is 0.619. The Morgan fingerprint density at radius 2 is 1.33 bits per heavy atom. The third kappa shape index (κ3) is 5.02. The van der Waals surface area contributed by atoms with Gasteiger partial charge in [-0.25, -0.2) is 8.78 Å². The Bertz CT molecular complexity index is 630. The van der Waals surface area contributed by atoms with Gasteiger partial charge in [0.2, 0.25) is 5.75 Å². The SMILES string of the molecule is C=C[C@H]1CC[C@H]([C@H]2CC[C@H](c3cc(F)c(OC(F)(F)F)c(F)c3)CC2)CC1. The Balaban J connectivity index is 1.60. The molecule has 0 aliphatic heterocycles. The van der Waals surface area contributed by atoms with Gasteiger partial charge in [0, 0.05) is 0 Å². The average molecular weight is 388 g/mol. The van der Waals surface area contributed by atoms with Crippen molar-refractivity contribution >= 4 is 0 Å². The molecule has 6 heteroatoms. The van der Waals surface area contributed by atoms with E-state index in [1.54, 1.807) is 0 Å². The lowest BCUT2D eigenvalue weighted by Crippen LogP contribution is -2.25. The molecule has 0 bridgehead atoms. The predicted octanol–water partition coefficient (Wildman–Crippen LogP) is 7.13. The molecule has 3 rings (SSSR count). The molecule has 2 saturated carbocycles. The zero-order valence-corrected chi connectivity index (χ0v) is 15.2. The lowest BCUT2D eigenvalue weighted by molar-refractivity contribution is -0.276. The molecule has 0 heterocycles. The first-order chi connectivity index (χ1) is 12.8. The van der Waals surface area contributed by atoms with Crippen LogP contribution in [0.4, 0.5) is 22.0 Å². The Labute approximate surface area is 156 Å². The van der Waals surface area contributed by atoms with Crippen LogP contribution < -0.4 is 4.74 Å². The van der Waals surface area contributed by atoms with Crippen LogP contribution in [0.15, 0.2) is 24.8 Å². The maximum atomic E-state index is 14.0. The smallest absolute Gasteiger partial charge is 0.399 e. The van der Waals surface area contributed by atoms with Crippen molar-refractivity contribution in [1.82, 2.24) is 0 Å². The van der Waals surface area contributed by atoms with Gasteiger partial charge in [-0.3, -0.25) is 0 Å². The molecule has 150 valence electrons. The number of hydrogen-bond acceptors (Lipinski definition) is 1. The highest BCUT2D eigenvalue weighted by atomic mass is 19.4. The van der Waals surface area contributed by atoms with Crippen LogP contribution in [0.5, 0.6) is 5.75 Å². The van der Waals surface area contributed by atoms with Crippen molar-refractivity contribution in [3.8, 4) is 5.75 Å². The van der Waals surface area contributed by atoms with Crippen LogP contribution >= 0.6 is 0 Å². The summed E-state index contributed by atoms with van der Waals surface area (Å²) in [6.07, 6.45) is 5.33. The van der Waals surface area contributed by atoms with Crippen molar-refractivity contribution in [3.63, 3.8) is 0 Å². The quantitative estimate of drug-likeness (QED) is 0.394. The average Bonchev–Trinajstić information content (AvgIpc) is 2.64. The Morgan fingerprint density at radius 3 is 1.78 bits per heavy atom. The summed E-state index contributed by atoms with van der Waals surface area (Å²) in [4.78, 5) is 0. The van der Waals surface area contributed by atoms with Crippen LogP contribution in [0.25, 0.3) is 0 Å². The molecule has 1 nitrogen and oxygen atoms in total. The summed E-state index contributed by atoms with van der Waals surface area (Å²) < 4.78 is 68.2. The lowest BCUT2D eigenvalue weighted by atomic mass is 9.68. The molecule has 0 unspecified atom stereocenters. The van der Waals surface area contributed by atoms with Gasteiger partial charge in [-0.05, 0) is 92.7 Å². The molecule has 0 aromatic heterocycles. The highest BCUT2D eigenvalue weighted by Crippen LogP contribution is 2.44. The van der Waals surface area contributed by atoms with Gasteiger partial charge in [0.1, 0.15) is 0 Å². The topological polar surface area (TPSA) is 9.23 Å². The van der Waals surface area contributed by atoms with E-state index >= 15 is 0 Å². The van der Waals surface area contributed by atoms with E-state index in [1.807, 2.05) is 6.08 Å². The molecule has 0 N–H and O–H groups in total. The van der Waals surface area contributed by atoms with Crippen LogP contribution in [0.2, 0.25) is 0 Å². The third-order valence-electron chi connectivity index (χ3n) is 6.30. The minimum atomic E-state index is -5.12. The third-order valence-corrected chi connectivity index (χ3v) is 6.30.